The number of carbonyl (C=O) groups is 1. The van der Waals surface area contributed by atoms with Crippen LogP contribution in [0.25, 0.3) is 0 Å². The van der Waals surface area contributed by atoms with E-state index in [-0.39, 0.29) is 0 Å². The molecule has 0 saturated heterocycles. The summed E-state index contributed by atoms with van der Waals surface area (Å²) in [4.78, 5) is 14.6. The quantitative estimate of drug-likeness (QED) is 0.623. The largest absolute Gasteiger partial charge is 0.444 e. The highest BCUT2D eigenvalue weighted by atomic mass is 35.5. The van der Waals surface area contributed by atoms with E-state index in [1.165, 1.54) is 20.8 Å². The second-order valence-electron chi connectivity index (χ2n) is 4.78. The molecule has 0 unspecified atom stereocenters. The Morgan fingerprint density at radius 1 is 1.35 bits per heavy atom. The van der Waals surface area contributed by atoms with Crippen molar-refractivity contribution in [3.8, 4) is 0 Å². The van der Waals surface area contributed by atoms with Crippen molar-refractivity contribution in [2.75, 3.05) is 5.32 Å². The molecule has 4 nitrogen and oxygen atoms in total. The number of anilines is 1. The van der Waals surface area contributed by atoms with Gasteiger partial charge in [0.15, 0.2) is 11.0 Å². The molecule has 20 heavy (non-hydrogen) atoms. The molecule has 1 aromatic rings. The van der Waals surface area contributed by atoms with Gasteiger partial charge in [0.2, 0.25) is 0 Å². The molecule has 0 atom stereocenters. The van der Waals surface area contributed by atoms with Gasteiger partial charge in [-0.05, 0) is 20.8 Å². The molecule has 0 aromatic carbocycles. The number of aromatic nitrogens is 1. The molecule has 0 fully saturated rings. The number of pyridine rings is 1. The highest BCUT2D eigenvalue weighted by molar-refractivity contribution is 6.29. The van der Waals surface area contributed by atoms with Crippen molar-refractivity contribution in [1.29, 1.82) is 0 Å². The van der Waals surface area contributed by atoms with Crippen molar-refractivity contribution < 1.29 is 27.1 Å². The van der Waals surface area contributed by atoms with Crippen molar-refractivity contribution in [3.05, 3.63) is 22.7 Å². The summed E-state index contributed by atoms with van der Waals surface area (Å²) in [7, 11) is 0. The molecule has 0 aliphatic rings. The molecule has 0 bridgehead atoms. The number of amides is 1. The Morgan fingerprint density at radius 2 is 1.90 bits per heavy atom. The predicted molar refractivity (Wildman–Crippen MR) is 64.1 cm³/mol. The van der Waals surface area contributed by atoms with Crippen LogP contribution in [0, 0.1) is 5.82 Å². The number of carbonyl (C=O) groups excluding carboxylic acids is 1. The van der Waals surface area contributed by atoms with E-state index < -0.39 is 40.1 Å². The standard InChI is InChI=1S/C11H11ClF4N2O2/c1-10(2,3)20-9(19)18-5-4-17-8(12)7(13)6(5)11(14,15)16/h4H,1-3H3,(H,18,19). The van der Waals surface area contributed by atoms with E-state index in [9.17, 15) is 22.4 Å². The number of hydrogen-bond acceptors (Lipinski definition) is 3. The topological polar surface area (TPSA) is 51.2 Å². The van der Waals surface area contributed by atoms with Gasteiger partial charge in [0.05, 0.1) is 11.9 Å². The highest BCUT2D eigenvalue weighted by Gasteiger charge is 2.39. The minimum atomic E-state index is -5.04. The molecule has 0 aliphatic carbocycles. The SMILES string of the molecule is CC(C)(C)OC(=O)Nc1cnc(Cl)c(F)c1C(F)(F)F. The summed E-state index contributed by atoms with van der Waals surface area (Å²) in [5.41, 5.74) is -3.49. The second-order valence-corrected chi connectivity index (χ2v) is 5.13. The predicted octanol–water partition coefficient (Wildman–Crippen LogP) is 4.24. The first-order valence-electron chi connectivity index (χ1n) is 5.33. The highest BCUT2D eigenvalue weighted by Crippen LogP contribution is 2.38. The van der Waals surface area contributed by atoms with Crippen LogP contribution in [-0.2, 0) is 10.9 Å². The number of hydrogen-bond donors (Lipinski definition) is 1. The average Bonchev–Trinajstić information content (AvgIpc) is 2.18. The lowest BCUT2D eigenvalue weighted by Gasteiger charge is -2.21. The Morgan fingerprint density at radius 3 is 2.35 bits per heavy atom. The van der Waals surface area contributed by atoms with Crippen LogP contribution in [-0.4, -0.2) is 16.7 Å². The Balaban J connectivity index is 3.14. The molecule has 1 aromatic heterocycles. The first-order chi connectivity index (χ1) is 8.92. The fourth-order valence-electron chi connectivity index (χ4n) is 1.25. The van der Waals surface area contributed by atoms with Crippen LogP contribution in [0.15, 0.2) is 6.20 Å². The second kappa shape index (κ2) is 5.43. The van der Waals surface area contributed by atoms with E-state index in [0.29, 0.717) is 6.20 Å². The van der Waals surface area contributed by atoms with Gasteiger partial charge >= 0.3 is 12.3 Å². The lowest BCUT2D eigenvalue weighted by molar-refractivity contribution is -0.139. The van der Waals surface area contributed by atoms with Gasteiger partial charge < -0.3 is 4.74 Å². The molecule has 1 heterocycles. The van der Waals surface area contributed by atoms with Gasteiger partial charge in [0.1, 0.15) is 11.2 Å². The van der Waals surface area contributed by atoms with Crippen molar-refractivity contribution in [2.24, 2.45) is 0 Å². The number of rotatable bonds is 1. The van der Waals surface area contributed by atoms with E-state index >= 15 is 0 Å². The monoisotopic (exact) mass is 314 g/mol. The molecule has 112 valence electrons. The zero-order valence-corrected chi connectivity index (χ0v) is 11.5. The van der Waals surface area contributed by atoms with Crippen LogP contribution in [0.5, 0.6) is 0 Å². The minimum absolute atomic E-state index is 0.609. The van der Waals surface area contributed by atoms with Crippen LogP contribution in [0.1, 0.15) is 26.3 Å². The zero-order valence-electron chi connectivity index (χ0n) is 10.7. The van der Waals surface area contributed by atoms with E-state index in [1.807, 2.05) is 0 Å². The Bertz CT molecular complexity index is 526. The summed E-state index contributed by atoms with van der Waals surface area (Å²) in [5.74, 6) is -1.76. The number of nitrogens with zero attached hydrogens (tertiary/aromatic N) is 1. The van der Waals surface area contributed by atoms with E-state index in [1.54, 1.807) is 5.32 Å². The number of alkyl halides is 3. The fourth-order valence-corrected chi connectivity index (χ4v) is 1.39. The van der Waals surface area contributed by atoms with E-state index in [2.05, 4.69) is 4.98 Å². The Hall–Kier alpha value is -1.57. The first kappa shape index (κ1) is 16.5. The van der Waals surface area contributed by atoms with Crippen molar-refractivity contribution in [1.82, 2.24) is 4.98 Å². The molecule has 0 aliphatic heterocycles. The molecular formula is C11H11ClF4N2O2. The Kier molecular flexibility index (Phi) is 4.48. The van der Waals surface area contributed by atoms with Crippen LogP contribution in [0.2, 0.25) is 5.15 Å². The van der Waals surface area contributed by atoms with Crippen molar-refractivity contribution >= 4 is 23.4 Å². The van der Waals surface area contributed by atoms with Crippen molar-refractivity contribution in [3.63, 3.8) is 0 Å². The summed E-state index contributed by atoms with van der Waals surface area (Å²) in [6.45, 7) is 4.58. The summed E-state index contributed by atoms with van der Waals surface area (Å²) in [6.07, 6.45) is -5.59. The number of nitrogens with one attached hydrogen (secondary N) is 1. The third-order valence-electron chi connectivity index (χ3n) is 1.90. The van der Waals surface area contributed by atoms with Crippen LogP contribution < -0.4 is 5.32 Å². The molecule has 1 amide bonds. The summed E-state index contributed by atoms with van der Waals surface area (Å²) in [5, 5.41) is 0.861. The van der Waals surface area contributed by atoms with Crippen LogP contribution >= 0.6 is 11.6 Å². The van der Waals surface area contributed by atoms with Gasteiger partial charge in [-0.1, -0.05) is 11.6 Å². The number of ether oxygens (including phenoxy) is 1. The zero-order chi connectivity index (χ0) is 15.7. The summed E-state index contributed by atoms with van der Waals surface area (Å²) >= 11 is 5.20. The normalized spacial score (nSPS) is 12.2. The molecule has 9 heteroatoms. The summed E-state index contributed by atoms with van der Waals surface area (Å²) < 4.78 is 56.5. The Labute approximate surface area is 117 Å². The molecule has 0 saturated carbocycles. The minimum Gasteiger partial charge on any atom is -0.444 e. The lowest BCUT2D eigenvalue weighted by atomic mass is 10.2. The van der Waals surface area contributed by atoms with Crippen LogP contribution in [0.4, 0.5) is 28.0 Å². The number of halogens is 5. The summed E-state index contributed by atoms with van der Waals surface area (Å²) in [6, 6.07) is 0. The smallest absolute Gasteiger partial charge is 0.421 e. The van der Waals surface area contributed by atoms with Gasteiger partial charge in [-0.25, -0.2) is 14.2 Å². The van der Waals surface area contributed by atoms with Gasteiger partial charge in [-0.3, -0.25) is 5.32 Å². The molecular weight excluding hydrogens is 304 g/mol. The molecule has 1 rings (SSSR count). The third-order valence-corrected chi connectivity index (χ3v) is 2.16. The van der Waals surface area contributed by atoms with Crippen LogP contribution in [0.3, 0.4) is 0 Å². The average molecular weight is 315 g/mol. The van der Waals surface area contributed by atoms with Crippen molar-refractivity contribution in [2.45, 2.75) is 32.5 Å². The fraction of sp³-hybridized carbons (Fsp3) is 0.455. The van der Waals surface area contributed by atoms with Gasteiger partial charge in [0, 0.05) is 0 Å². The molecule has 0 spiro atoms. The lowest BCUT2D eigenvalue weighted by Crippen LogP contribution is -2.28. The molecule has 0 radical (unpaired) electrons. The molecule has 1 N–H and O–H groups in total. The maximum Gasteiger partial charge on any atom is 0.421 e. The van der Waals surface area contributed by atoms with Gasteiger partial charge in [0.25, 0.3) is 0 Å². The van der Waals surface area contributed by atoms with E-state index in [4.69, 9.17) is 16.3 Å². The maximum absolute atomic E-state index is 13.4. The first-order valence-corrected chi connectivity index (χ1v) is 5.71. The third kappa shape index (κ3) is 4.22. The van der Waals surface area contributed by atoms with Gasteiger partial charge in [-0.15, -0.1) is 0 Å². The van der Waals surface area contributed by atoms with Gasteiger partial charge in [-0.2, -0.15) is 13.2 Å². The maximum atomic E-state index is 13.4. The van der Waals surface area contributed by atoms with E-state index in [0.717, 1.165) is 0 Å².